The molecule has 1 aromatic heterocycles. The first-order chi connectivity index (χ1) is 13.8. The maximum absolute atomic E-state index is 5.75. The van der Waals surface area contributed by atoms with Gasteiger partial charge in [0.15, 0.2) is 5.96 Å². The fraction of sp³-hybridized carbons (Fsp3) is 0.273. The van der Waals surface area contributed by atoms with Crippen molar-refractivity contribution < 1.29 is 9.47 Å². The van der Waals surface area contributed by atoms with E-state index in [1.165, 1.54) is 5.56 Å². The highest BCUT2D eigenvalue weighted by Crippen LogP contribution is 2.19. The summed E-state index contributed by atoms with van der Waals surface area (Å²) in [6, 6.07) is 17.8. The molecule has 3 aromatic rings. The fourth-order valence-electron chi connectivity index (χ4n) is 2.87. The lowest BCUT2D eigenvalue weighted by Gasteiger charge is -2.13. The second-order valence-corrected chi connectivity index (χ2v) is 6.22. The van der Waals surface area contributed by atoms with Crippen molar-refractivity contribution in [3.8, 4) is 11.5 Å². The lowest BCUT2D eigenvalue weighted by molar-refractivity contribution is 0.308. The van der Waals surface area contributed by atoms with Gasteiger partial charge in [-0.15, -0.1) is 24.0 Å². The zero-order valence-electron chi connectivity index (χ0n) is 16.7. The molecule has 2 N–H and O–H groups in total. The smallest absolute Gasteiger partial charge is 0.191 e. The minimum absolute atomic E-state index is 0. The van der Waals surface area contributed by atoms with Gasteiger partial charge in [-0.2, -0.15) is 0 Å². The van der Waals surface area contributed by atoms with Crippen LogP contribution in [0.3, 0.4) is 0 Å². The summed E-state index contributed by atoms with van der Waals surface area (Å²) < 4.78 is 11.0. The standard InChI is InChI=1S/C22H26N4O2.HI/c1-23-22(25-12-6-14-28-19-8-5-7-18(15-19)27-2)26-16-17-11-13-24-21-10-4-3-9-20(17)21;/h3-5,7-11,13,15H,6,12,14,16H2,1-2H3,(H2,23,25,26);1H. The van der Waals surface area contributed by atoms with Crippen molar-refractivity contribution in [1.82, 2.24) is 15.6 Å². The largest absolute Gasteiger partial charge is 0.497 e. The van der Waals surface area contributed by atoms with Crippen molar-refractivity contribution in [2.45, 2.75) is 13.0 Å². The van der Waals surface area contributed by atoms with Crippen LogP contribution in [0, 0.1) is 0 Å². The summed E-state index contributed by atoms with van der Waals surface area (Å²) in [5, 5.41) is 7.82. The van der Waals surface area contributed by atoms with Gasteiger partial charge in [0.05, 0.1) is 19.2 Å². The first-order valence-corrected chi connectivity index (χ1v) is 9.34. The maximum Gasteiger partial charge on any atom is 0.191 e. The number of para-hydroxylation sites is 1. The summed E-state index contributed by atoms with van der Waals surface area (Å²) in [4.78, 5) is 8.68. The van der Waals surface area contributed by atoms with E-state index in [-0.39, 0.29) is 24.0 Å². The van der Waals surface area contributed by atoms with Gasteiger partial charge in [0.1, 0.15) is 11.5 Å². The van der Waals surface area contributed by atoms with Crippen molar-refractivity contribution in [2.24, 2.45) is 4.99 Å². The number of nitrogens with one attached hydrogen (secondary N) is 2. The highest BCUT2D eigenvalue weighted by molar-refractivity contribution is 14.0. The van der Waals surface area contributed by atoms with E-state index in [0.717, 1.165) is 41.3 Å². The molecule has 0 spiro atoms. The lowest BCUT2D eigenvalue weighted by atomic mass is 10.1. The number of pyridine rings is 1. The summed E-state index contributed by atoms with van der Waals surface area (Å²) >= 11 is 0. The molecule has 0 fully saturated rings. The Morgan fingerprint density at radius 1 is 1.03 bits per heavy atom. The summed E-state index contributed by atoms with van der Waals surface area (Å²) in [5.41, 5.74) is 2.19. The Balaban J connectivity index is 0.00000300. The van der Waals surface area contributed by atoms with Crippen LogP contribution in [0.25, 0.3) is 10.9 Å². The predicted octanol–water partition coefficient (Wildman–Crippen LogP) is 4.00. The molecule has 0 radical (unpaired) electrons. The summed E-state index contributed by atoms with van der Waals surface area (Å²) in [7, 11) is 3.42. The third-order valence-electron chi connectivity index (χ3n) is 4.33. The first-order valence-electron chi connectivity index (χ1n) is 9.34. The Kier molecular flexibility index (Phi) is 9.49. The first kappa shape index (κ1) is 22.7. The van der Waals surface area contributed by atoms with E-state index < -0.39 is 0 Å². The second kappa shape index (κ2) is 12.1. The molecule has 7 heteroatoms. The molecule has 0 saturated heterocycles. The number of halogens is 1. The van der Waals surface area contributed by atoms with Gasteiger partial charge in [0, 0.05) is 37.8 Å². The molecular weight excluding hydrogens is 479 g/mol. The Labute approximate surface area is 188 Å². The summed E-state index contributed by atoms with van der Waals surface area (Å²) in [6.45, 7) is 2.07. The van der Waals surface area contributed by atoms with Crippen LogP contribution in [-0.2, 0) is 6.54 Å². The number of aromatic nitrogens is 1. The number of benzene rings is 2. The van der Waals surface area contributed by atoms with E-state index in [1.807, 2.05) is 54.7 Å². The Morgan fingerprint density at radius 3 is 2.69 bits per heavy atom. The summed E-state index contributed by atoms with van der Waals surface area (Å²) in [5.74, 6) is 2.37. The second-order valence-electron chi connectivity index (χ2n) is 6.22. The zero-order valence-corrected chi connectivity index (χ0v) is 19.1. The van der Waals surface area contributed by atoms with Crippen LogP contribution in [0.4, 0.5) is 0 Å². The number of ether oxygens (including phenoxy) is 2. The van der Waals surface area contributed by atoms with Crippen LogP contribution in [0.5, 0.6) is 11.5 Å². The quantitative estimate of drug-likeness (QED) is 0.209. The van der Waals surface area contributed by atoms with Crippen molar-refractivity contribution >= 4 is 40.8 Å². The van der Waals surface area contributed by atoms with Gasteiger partial charge in [-0.25, -0.2) is 0 Å². The summed E-state index contributed by atoms with van der Waals surface area (Å²) in [6.07, 6.45) is 2.70. The third kappa shape index (κ3) is 6.77. The lowest BCUT2D eigenvalue weighted by Crippen LogP contribution is -2.37. The van der Waals surface area contributed by atoms with E-state index in [1.54, 1.807) is 14.2 Å². The average molecular weight is 506 g/mol. The average Bonchev–Trinajstić information content (AvgIpc) is 2.75. The Bertz CT molecular complexity index is 928. The van der Waals surface area contributed by atoms with E-state index in [2.05, 4.69) is 26.7 Å². The predicted molar refractivity (Wildman–Crippen MR) is 128 cm³/mol. The topological polar surface area (TPSA) is 67.8 Å². The molecule has 1 heterocycles. The highest BCUT2D eigenvalue weighted by Gasteiger charge is 2.03. The van der Waals surface area contributed by atoms with Crippen LogP contribution in [-0.4, -0.2) is 38.3 Å². The molecule has 3 rings (SSSR count). The van der Waals surface area contributed by atoms with Crippen molar-refractivity contribution in [3.05, 3.63) is 66.4 Å². The van der Waals surface area contributed by atoms with Gasteiger partial charge < -0.3 is 20.1 Å². The van der Waals surface area contributed by atoms with E-state index in [0.29, 0.717) is 13.2 Å². The molecule has 0 saturated carbocycles. The molecule has 0 aliphatic heterocycles. The minimum atomic E-state index is 0. The SMILES string of the molecule is CN=C(NCCCOc1cccc(OC)c1)NCc1ccnc2ccccc12.I. The van der Waals surface area contributed by atoms with Crippen molar-refractivity contribution in [1.29, 1.82) is 0 Å². The van der Waals surface area contributed by atoms with E-state index in [4.69, 9.17) is 9.47 Å². The third-order valence-corrected chi connectivity index (χ3v) is 4.33. The van der Waals surface area contributed by atoms with Crippen molar-refractivity contribution in [2.75, 3.05) is 27.3 Å². The molecule has 0 bridgehead atoms. The monoisotopic (exact) mass is 506 g/mol. The molecule has 154 valence electrons. The van der Waals surface area contributed by atoms with Crippen molar-refractivity contribution in [3.63, 3.8) is 0 Å². The number of nitrogens with zero attached hydrogens (tertiary/aromatic N) is 2. The number of rotatable bonds is 8. The Morgan fingerprint density at radius 2 is 1.86 bits per heavy atom. The number of methoxy groups -OCH3 is 1. The van der Waals surface area contributed by atoms with Crippen LogP contribution >= 0.6 is 24.0 Å². The molecule has 0 aliphatic rings. The van der Waals surface area contributed by atoms with Crippen LogP contribution in [0.15, 0.2) is 65.8 Å². The van der Waals surface area contributed by atoms with E-state index >= 15 is 0 Å². The van der Waals surface area contributed by atoms with Crippen LogP contribution < -0.4 is 20.1 Å². The van der Waals surface area contributed by atoms with E-state index in [9.17, 15) is 0 Å². The molecule has 6 nitrogen and oxygen atoms in total. The van der Waals surface area contributed by atoms with Gasteiger partial charge >= 0.3 is 0 Å². The molecule has 0 aliphatic carbocycles. The number of hydrogen-bond acceptors (Lipinski definition) is 4. The van der Waals surface area contributed by atoms with Gasteiger partial charge in [-0.3, -0.25) is 9.98 Å². The molecule has 0 unspecified atom stereocenters. The van der Waals surface area contributed by atoms with Gasteiger partial charge in [-0.05, 0) is 36.2 Å². The molecular formula is C22H27IN4O2. The molecule has 29 heavy (non-hydrogen) atoms. The highest BCUT2D eigenvalue weighted by atomic mass is 127. The van der Waals surface area contributed by atoms with Crippen LogP contribution in [0.1, 0.15) is 12.0 Å². The number of hydrogen-bond donors (Lipinski definition) is 2. The molecule has 0 atom stereocenters. The number of aliphatic imine (C=N–C) groups is 1. The Hall–Kier alpha value is -2.55. The maximum atomic E-state index is 5.75. The molecule has 2 aromatic carbocycles. The normalized spacial score (nSPS) is 10.9. The van der Waals surface area contributed by atoms with Gasteiger partial charge in [0.2, 0.25) is 0 Å². The molecule has 0 amide bonds. The van der Waals surface area contributed by atoms with Gasteiger partial charge in [-0.1, -0.05) is 24.3 Å². The van der Waals surface area contributed by atoms with Crippen LogP contribution in [0.2, 0.25) is 0 Å². The zero-order chi connectivity index (χ0) is 19.6. The number of guanidine groups is 1. The van der Waals surface area contributed by atoms with Gasteiger partial charge in [0.25, 0.3) is 0 Å². The fourth-order valence-corrected chi connectivity index (χ4v) is 2.87. The minimum Gasteiger partial charge on any atom is -0.497 e. The number of fused-ring (bicyclic) bond motifs is 1.